The number of aromatic nitrogens is 1. The van der Waals surface area contributed by atoms with Gasteiger partial charge in [0, 0.05) is 50.7 Å². The van der Waals surface area contributed by atoms with E-state index < -0.39 is 21.9 Å². The molecule has 0 aliphatic carbocycles. The van der Waals surface area contributed by atoms with E-state index in [1.54, 1.807) is 43.9 Å². The second-order valence-electron chi connectivity index (χ2n) is 9.27. The molecular formula is C25H33FN4O5S. The molecule has 2 saturated heterocycles. The van der Waals surface area contributed by atoms with Crippen molar-refractivity contribution >= 4 is 27.6 Å². The van der Waals surface area contributed by atoms with Gasteiger partial charge in [0.1, 0.15) is 16.3 Å². The first kappa shape index (κ1) is 26.2. The number of amides is 1. The standard InChI is InChI=1S/C25H33FN4O5S/c1-4-35-25(32)22-17(2)27-18(3)23(22)36(33,34)30-11-7-8-19(16-30)24(31)29-14-12-28(13-15-29)21-10-6-5-9-20(21)26/h5-6,9-10,19,27H,4,7-8,11-16H2,1-3H3. The molecule has 2 fully saturated rings. The van der Waals surface area contributed by atoms with Crippen molar-refractivity contribution in [1.29, 1.82) is 0 Å². The fraction of sp³-hybridized carbons (Fsp3) is 0.520. The number of halogens is 1. The van der Waals surface area contributed by atoms with Gasteiger partial charge in [-0.25, -0.2) is 17.6 Å². The van der Waals surface area contributed by atoms with Gasteiger partial charge in [0.2, 0.25) is 15.9 Å². The minimum atomic E-state index is -4.03. The van der Waals surface area contributed by atoms with Crippen molar-refractivity contribution in [2.24, 2.45) is 5.92 Å². The summed E-state index contributed by atoms with van der Waals surface area (Å²) in [7, 11) is -4.03. The number of piperidine rings is 1. The SMILES string of the molecule is CCOC(=O)c1c(C)[nH]c(C)c1S(=O)(=O)N1CCCC(C(=O)N2CCN(c3ccccc3F)CC2)C1. The normalized spacial score (nSPS) is 19.4. The third-order valence-corrected chi connectivity index (χ3v) is 8.95. The van der Waals surface area contributed by atoms with Crippen molar-refractivity contribution in [1.82, 2.24) is 14.2 Å². The number of esters is 1. The van der Waals surface area contributed by atoms with Crippen LogP contribution in [0.4, 0.5) is 10.1 Å². The van der Waals surface area contributed by atoms with Crippen molar-refractivity contribution in [3.63, 3.8) is 0 Å². The summed E-state index contributed by atoms with van der Waals surface area (Å²) in [5.41, 5.74) is 1.34. The molecule has 1 atom stereocenters. The fourth-order valence-electron chi connectivity index (χ4n) is 5.16. The summed E-state index contributed by atoms with van der Waals surface area (Å²) in [5.74, 6) is -1.53. The summed E-state index contributed by atoms with van der Waals surface area (Å²) in [4.78, 5) is 32.4. The van der Waals surface area contributed by atoms with Gasteiger partial charge in [0.05, 0.1) is 18.2 Å². The lowest BCUT2D eigenvalue weighted by atomic mass is 9.97. The second-order valence-corrected chi connectivity index (χ2v) is 11.1. The number of rotatable bonds is 6. The Kier molecular flexibility index (Phi) is 7.70. The molecule has 11 heteroatoms. The van der Waals surface area contributed by atoms with Crippen LogP contribution >= 0.6 is 0 Å². The molecule has 0 saturated carbocycles. The number of aryl methyl sites for hydroxylation is 2. The van der Waals surface area contributed by atoms with E-state index in [1.807, 2.05) is 4.90 Å². The summed E-state index contributed by atoms with van der Waals surface area (Å²) in [6.45, 7) is 7.29. The van der Waals surface area contributed by atoms with Crippen LogP contribution in [0.3, 0.4) is 0 Å². The first-order valence-corrected chi connectivity index (χ1v) is 13.7. The van der Waals surface area contributed by atoms with E-state index in [0.29, 0.717) is 56.1 Å². The molecule has 2 aromatic rings. The quantitative estimate of drug-likeness (QED) is 0.588. The number of ether oxygens (including phenoxy) is 1. The Labute approximate surface area is 211 Å². The third kappa shape index (κ3) is 4.99. The van der Waals surface area contributed by atoms with Gasteiger partial charge in [0.15, 0.2) is 0 Å². The van der Waals surface area contributed by atoms with Crippen LogP contribution in [-0.4, -0.2) is 80.4 Å². The molecule has 196 valence electrons. The van der Waals surface area contributed by atoms with E-state index in [2.05, 4.69) is 4.98 Å². The van der Waals surface area contributed by atoms with Crippen molar-refractivity contribution in [2.45, 2.75) is 38.5 Å². The number of hydrogen-bond acceptors (Lipinski definition) is 6. The number of nitrogens with zero attached hydrogens (tertiary/aromatic N) is 3. The Morgan fingerprint density at radius 2 is 1.78 bits per heavy atom. The monoisotopic (exact) mass is 520 g/mol. The molecule has 36 heavy (non-hydrogen) atoms. The molecule has 0 spiro atoms. The molecule has 9 nitrogen and oxygen atoms in total. The smallest absolute Gasteiger partial charge is 0.341 e. The molecular weight excluding hydrogens is 487 g/mol. The maximum absolute atomic E-state index is 14.2. The molecule has 0 radical (unpaired) electrons. The highest BCUT2D eigenvalue weighted by Gasteiger charge is 2.39. The number of aromatic amines is 1. The van der Waals surface area contributed by atoms with Gasteiger partial charge in [-0.1, -0.05) is 12.1 Å². The summed E-state index contributed by atoms with van der Waals surface area (Å²) in [6, 6.07) is 6.58. The summed E-state index contributed by atoms with van der Waals surface area (Å²) in [6.07, 6.45) is 1.14. The van der Waals surface area contributed by atoms with Crippen LogP contribution < -0.4 is 4.90 Å². The van der Waals surface area contributed by atoms with Crippen molar-refractivity contribution < 1.29 is 27.1 Å². The fourth-order valence-corrected chi connectivity index (χ4v) is 7.09. The number of carbonyl (C=O) groups excluding carboxylic acids is 2. The number of anilines is 1. The van der Waals surface area contributed by atoms with Crippen LogP contribution in [0.25, 0.3) is 0 Å². The van der Waals surface area contributed by atoms with Crippen molar-refractivity contribution in [2.75, 3.05) is 50.8 Å². The number of hydrogen-bond donors (Lipinski definition) is 1. The van der Waals surface area contributed by atoms with Crippen LogP contribution in [0.2, 0.25) is 0 Å². The molecule has 3 heterocycles. The predicted octanol–water partition coefficient (Wildman–Crippen LogP) is 2.70. The first-order valence-electron chi connectivity index (χ1n) is 12.3. The average Bonchev–Trinajstić information content (AvgIpc) is 3.18. The molecule has 1 N–H and O–H groups in total. The Morgan fingerprint density at radius 1 is 1.08 bits per heavy atom. The largest absolute Gasteiger partial charge is 0.462 e. The van der Waals surface area contributed by atoms with E-state index in [4.69, 9.17) is 4.74 Å². The van der Waals surface area contributed by atoms with Crippen LogP contribution in [0.1, 0.15) is 41.5 Å². The minimum absolute atomic E-state index is 0.0204. The lowest BCUT2D eigenvalue weighted by Crippen LogP contribution is -2.53. The highest BCUT2D eigenvalue weighted by atomic mass is 32.2. The summed E-state index contributed by atoms with van der Waals surface area (Å²) >= 11 is 0. The molecule has 1 aromatic carbocycles. The van der Waals surface area contributed by atoms with E-state index >= 15 is 0 Å². The first-order chi connectivity index (χ1) is 17.1. The third-order valence-electron chi connectivity index (χ3n) is 6.91. The second kappa shape index (κ2) is 10.6. The highest BCUT2D eigenvalue weighted by molar-refractivity contribution is 7.89. The van der Waals surface area contributed by atoms with Crippen molar-refractivity contribution in [3.05, 3.63) is 47.0 Å². The summed E-state index contributed by atoms with van der Waals surface area (Å²) in [5, 5.41) is 0. The number of sulfonamides is 1. The molecule has 1 aromatic heterocycles. The molecule has 2 aliphatic heterocycles. The van der Waals surface area contributed by atoms with Gasteiger partial charge in [-0.3, -0.25) is 4.79 Å². The van der Waals surface area contributed by atoms with Gasteiger partial charge >= 0.3 is 5.97 Å². The maximum atomic E-state index is 14.2. The average molecular weight is 521 g/mol. The van der Waals surface area contributed by atoms with Crippen LogP contribution in [-0.2, 0) is 19.6 Å². The Balaban J connectivity index is 1.47. The zero-order chi connectivity index (χ0) is 26.0. The zero-order valence-electron chi connectivity index (χ0n) is 20.9. The van der Waals surface area contributed by atoms with E-state index in [1.165, 1.54) is 10.4 Å². The van der Waals surface area contributed by atoms with Crippen molar-refractivity contribution in [3.8, 4) is 0 Å². The molecule has 2 aliphatic rings. The maximum Gasteiger partial charge on any atom is 0.341 e. The molecule has 4 rings (SSSR count). The van der Waals surface area contributed by atoms with E-state index in [-0.39, 0.29) is 41.9 Å². The Bertz CT molecular complexity index is 1240. The number of carbonyl (C=O) groups is 2. The number of piperazine rings is 1. The lowest BCUT2D eigenvalue weighted by Gasteiger charge is -2.39. The van der Waals surface area contributed by atoms with Gasteiger partial charge in [-0.2, -0.15) is 4.31 Å². The molecule has 1 amide bonds. The van der Waals surface area contributed by atoms with Crippen LogP contribution in [0.5, 0.6) is 0 Å². The van der Waals surface area contributed by atoms with Crippen LogP contribution in [0, 0.1) is 25.6 Å². The van der Waals surface area contributed by atoms with Crippen LogP contribution in [0.15, 0.2) is 29.2 Å². The van der Waals surface area contributed by atoms with Gasteiger partial charge in [-0.05, 0) is 45.7 Å². The minimum Gasteiger partial charge on any atom is -0.462 e. The zero-order valence-corrected chi connectivity index (χ0v) is 21.7. The number of H-pyrrole nitrogens is 1. The number of benzene rings is 1. The number of para-hydroxylation sites is 1. The van der Waals surface area contributed by atoms with E-state index in [0.717, 1.165) is 0 Å². The van der Waals surface area contributed by atoms with Gasteiger partial charge in [0.25, 0.3) is 0 Å². The Hall–Kier alpha value is -2.92. The van der Waals surface area contributed by atoms with E-state index in [9.17, 15) is 22.4 Å². The predicted molar refractivity (Wildman–Crippen MR) is 133 cm³/mol. The lowest BCUT2D eigenvalue weighted by molar-refractivity contribution is -0.137. The molecule has 0 bridgehead atoms. The Morgan fingerprint density at radius 3 is 2.44 bits per heavy atom. The van der Waals surface area contributed by atoms with Gasteiger partial charge < -0.3 is 19.5 Å². The molecule has 1 unspecified atom stereocenters. The number of nitrogens with one attached hydrogen (secondary N) is 1. The topological polar surface area (TPSA) is 103 Å². The summed E-state index contributed by atoms with van der Waals surface area (Å²) < 4.78 is 47.9. The van der Waals surface area contributed by atoms with Gasteiger partial charge in [-0.15, -0.1) is 0 Å². The highest BCUT2D eigenvalue weighted by Crippen LogP contribution is 2.31.